The van der Waals surface area contributed by atoms with Crippen molar-refractivity contribution < 1.29 is 13.9 Å². The fraction of sp³-hybridized carbons (Fsp3) is 0.111. The van der Waals surface area contributed by atoms with Gasteiger partial charge in [-0.3, -0.25) is 0 Å². The highest BCUT2D eigenvalue weighted by molar-refractivity contribution is 7.17. The fourth-order valence-corrected chi connectivity index (χ4v) is 2.30. The van der Waals surface area contributed by atoms with E-state index < -0.39 is 6.43 Å². The lowest BCUT2D eigenvalue weighted by atomic mass is 10.1. The maximum absolute atomic E-state index is 12.5. The van der Waals surface area contributed by atoms with Gasteiger partial charge in [0.2, 0.25) is 0 Å². The zero-order chi connectivity index (χ0) is 10.3. The van der Waals surface area contributed by atoms with E-state index in [1.165, 1.54) is 17.5 Å². The molecule has 1 heterocycles. The van der Waals surface area contributed by atoms with E-state index in [4.69, 9.17) is 5.73 Å². The molecule has 2 rings (SSSR count). The van der Waals surface area contributed by atoms with E-state index in [9.17, 15) is 13.9 Å². The smallest absolute Gasteiger partial charge is 0.265 e. The molecule has 3 N–H and O–H groups in total. The molecule has 0 bridgehead atoms. The number of nitrogen functional groups attached to an aromatic ring is 1. The molecule has 0 unspecified atom stereocenters. The van der Waals surface area contributed by atoms with Crippen LogP contribution in [0.1, 0.15) is 12.0 Å². The van der Waals surface area contributed by atoms with Gasteiger partial charge in [0.1, 0.15) is 0 Å². The average Bonchev–Trinajstić information content (AvgIpc) is 2.55. The SMILES string of the molecule is Nc1ccc2c(C(F)F)csc2c1O. The van der Waals surface area contributed by atoms with Crippen molar-refractivity contribution in [1.29, 1.82) is 0 Å². The average molecular weight is 215 g/mol. The maximum Gasteiger partial charge on any atom is 0.265 e. The van der Waals surface area contributed by atoms with E-state index in [0.29, 0.717) is 10.1 Å². The number of aromatic hydroxyl groups is 1. The Balaban J connectivity index is 2.77. The predicted octanol–water partition coefficient (Wildman–Crippen LogP) is 3.13. The van der Waals surface area contributed by atoms with Crippen LogP contribution in [0.4, 0.5) is 14.5 Å². The second-order valence-corrected chi connectivity index (χ2v) is 3.75. The first-order valence-electron chi connectivity index (χ1n) is 3.88. The number of phenolic OH excluding ortho intramolecular Hbond substituents is 1. The third-order valence-electron chi connectivity index (χ3n) is 2.01. The molecule has 1 aromatic carbocycles. The second-order valence-electron chi connectivity index (χ2n) is 2.87. The molecule has 0 atom stereocenters. The van der Waals surface area contributed by atoms with Crippen molar-refractivity contribution >= 4 is 27.1 Å². The van der Waals surface area contributed by atoms with Crippen molar-refractivity contribution in [2.75, 3.05) is 5.73 Å². The quantitative estimate of drug-likeness (QED) is 0.567. The third kappa shape index (κ3) is 1.21. The summed E-state index contributed by atoms with van der Waals surface area (Å²) in [7, 11) is 0. The number of rotatable bonds is 1. The zero-order valence-electron chi connectivity index (χ0n) is 7.00. The van der Waals surface area contributed by atoms with Crippen LogP contribution in [0, 0.1) is 0 Å². The standard InChI is InChI=1S/C9H7F2NOS/c10-9(11)5-3-14-8-4(5)1-2-6(12)7(8)13/h1-3,9,13H,12H2. The van der Waals surface area contributed by atoms with Crippen molar-refractivity contribution in [2.24, 2.45) is 0 Å². The molecule has 0 aliphatic heterocycles. The molecule has 0 spiro atoms. The first-order chi connectivity index (χ1) is 6.61. The van der Waals surface area contributed by atoms with Gasteiger partial charge < -0.3 is 10.8 Å². The van der Waals surface area contributed by atoms with Crippen LogP contribution in [0.3, 0.4) is 0 Å². The Labute approximate surface area is 82.6 Å². The summed E-state index contributed by atoms with van der Waals surface area (Å²) in [5.74, 6) is -0.112. The van der Waals surface area contributed by atoms with Crippen LogP contribution in [-0.4, -0.2) is 5.11 Å². The van der Waals surface area contributed by atoms with Crippen molar-refractivity contribution in [1.82, 2.24) is 0 Å². The van der Waals surface area contributed by atoms with Gasteiger partial charge in [0.15, 0.2) is 5.75 Å². The summed E-state index contributed by atoms with van der Waals surface area (Å²) in [4.78, 5) is 0. The lowest BCUT2D eigenvalue weighted by Gasteiger charge is -2.00. The number of alkyl halides is 2. The summed E-state index contributed by atoms with van der Waals surface area (Å²) < 4.78 is 25.3. The van der Waals surface area contributed by atoms with Crippen molar-refractivity contribution in [3.05, 3.63) is 23.1 Å². The number of fused-ring (bicyclic) bond motifs is 1. The van der Waals surface area contributed by atoms with E-state index in [1.807, 2.05) is 0 Å². The molecular formula is C9H7F2NOS. The van der Waals surface area contributed by atoms with E-state index in [1.54, 1.807) is 0 Å². The molecule has 0 radical (unpaired) electrons. The van der Waals surface area contributed by atoms with Crippen LogP contribution in [0.15, 0.2) is 17.5 Å². The molecule has 0 fully saturated rings. The van der Waals surface area contributed by atoms with Gasteiger partial charge in [0, 0.05) is 16.3 Å². The number of nitrogens with two attached hydrogens (primary N) is 1. The van der Waals surface area contributed by atoms with Crippen LogP contribution < -0.4 is 5.73 Å². The Bertz CT molecular complexity index is 481. The van der Waals surface area contributed by atoms with Gasteiger partial charge in [-0.2, -0.15) is 0 Å². The summed E-state index contributed by atoms with van der Waals surface area (Å²) in [5, 5.41) is 11.2. The molecule has 0 saturated carbocycles. The summed E-state index contributed by atoms with van der Waals surface area (Å²) in [6.45, 7) is 0. The van der Waals surface area contributed by atoms with Crippen LogP contribution in [0.5, 0.6) is 5.75 Å². The number of hydrogen-bond acceptors (Lipinski definition) is 3. The summed E-state index contributed by atoms with van der Waals surface area (Å²) in [6.07, 6.45) is -2.52. The number of phenols is 1. The lowest BCUT2D eigenvalue weighted by Crippen LogP contribution is -1.85. The molecule has 0 amide bonds. The lowest BCUT2D eigenvalue weighted by molar-refractivity contribution is 0.153. The van der Waals surface area contributed by atoms with E-state index >= 15 is 0 Å². The van der Waals surface area contributed by atoms with Crippen LogP contribution >= 0.6 is 11.3 Å². The molecule has 0 saturated heterocycles. The van der Waals surface area contributed by atoms with Gasteiger partial charge in [-0.15, -0.1) is 11.3 Å². The first kappa shape index (κ1) is 9.21. The predicted molar refractivity (Wildman–Crippen MR) is 52.9 cm³/mol. The highest BCUT2D eigenvalue weighted by Crippen LogP contribution is 2.40. The maximum atomic E-state index is 12.5. The number of anilines is 1. The van der Waals surface area contributed by atoms with Crippen LogP contribution in [0.25, 0.3) is 10.1 Å². The fourth-order valence-electron chi connectivity index (χ4n) is 1.29. The van der Waals surface area contributed by atoms with Gasteiger partial charge in [-0.1, -0.05) is 6.07 Å². The van der Waals surface area contributed by atoms with Gasteiger partial charge in [0.05, 0.1) is 10.4 Å². The van der Waals surface area contributed by atoms with Crippen LogP contribution in [0.2, 0.25) is 0 Å². The van der Waals surface area contributed by atoms with Gasteiger partial charge in [-0.05, 0) is 6.07 Å². The molecule has 0 aliphatic rings. The molecule has 14 heavy (non-hydrogen) atoms. The zero-order valence-corrected chi connectivity index (χ0v) is 7.81. The van der Waals surface area contributed by atoms with E-state index in [0.717, 1.165) is 11.3 Å². The minimum absolute atomic E-state index is 0.0553. The van der Waals surface area contributed by atoms with Gasteiger partial charge >= 0.3 is 0 Å². The first-order valence-corrected chi connectivity index (χ1v) is 4.76. The molecule has 2 aromatic rings. The van der Waals surface area contributed by atoms with Gasteiger partial charge in [0.25, 0.3) is 6.43 Å². The normalized spacial score (nSPS) is 11.4. The Morgan fingerprint density at radius 1 is 1.36 bits per heavy atom. The summed E-state index contributed by atoms with van der Waals surface area (Å²) in [5.41, 5.74) is 5.59. The second kappa shape index (κ2) is 3.09. The van der Waals surface area contributed by atoms with E-state index in [2.05, 4.69) is 0 Å². The number of hydrogen-bond donors (Lipinski definition) is 2. The number of thiophene rings is 1. The molecule has 5 heteroatoms. The van der Waals surface area contributed by atoms with E-state index in [-0.39, 0.29) is 17.0 Å². The highest BCUT2D eigenvalue weighted by Gasteiger charge is 2.16. The molecule has 1 aromatic heterocycles. The third-order valence-corrected chi connectivity index (χ3v) is 3.03. The van der Waals surface area contributed by atoms with Crippen molar-refractivity contribution in [2.45, 2.75) is 6.43 Å². The van der Waals surface area contributed by atoms with Crippen LogP contribution in [-0.2, 0) is 0 Å². The highest BCUT2D eigenvalue weighted by atomic mass is 32.1. The minimum Gasteiger partial charge on any atom is -0.504 e. The number of halogens is 2. The largest absolute Gasteiger partial charge is 0.504 e. The topological polar surface area (TPSA) is 46.2 Å². The molecular weight excluding hydrogens is 208 g/mol. The van der Waals surface area contributed by atoms with Crippen molar-refractivity contribution in [3.8, 4) is 5.75 Å². The van der Waals surface area contributed by atoms with Gasteiger partial charge in [-0.25, -0.2) is 8.78 Å². The molecule has 0 aliphatic carbocycles. The Hall–Kier alpha value is -1.36. The Morgan fingerprint density at radius 2 is 2.07 bits per heavy atom. The van der Waals surface area contributed by atoms with Crippen molar-refractivity contribution in [3.63, 3.8) is 0 Å². The monoisotopic (exact) mass is 215 g/mol. The minimum atomic E-state index is -2.52. The Morgan fingerprint density at radius 3 is 2.71 bits per heavy atom. The summed E-state index contributed by atoms with van der Waals surface area (Å²) >= 11 is 1.07. The number of benzene rings is 1. The molecule has 74 valence electrons. The molecule has 2 nitrogen and oxygen atoms in total. The Kier molecular flexibility index (Phi) is 2.03. The summed E-state index contributed by atoms with van der Waals surface area (Å²) in [6, 6.07) is 2.93.